The summed E-state index contributed by atoms with van der Waals surface area (Å²) in [5.41, 5.74) is 3.48. The predicted molar refractivity (Wildman–Crippen MR) is 121 cm³/mol. The van der Waals surface area contributed by atoms with Gasteiger partial charge in [0.25, 0.3) is 5.91 Å². The highest BCUT2D eigenvalue weighted by Crippen LogP contribution is 2.26. The molecule has 0 radical (unpaired) electrons. The Balaban J connectivity index is 1.62. The molecule has 0 aliphatic carbocycles. The molecule has 1 N–H and O–H groups in total. The number of aromatic nitrogens is 2. The molecule has 1 amide bonds. The Morgan fingerprint density at radius 3 is 2.06 bits per heavy atom. The van der Waals surface area contributed by atoms with Crippen molar-refractivity contribution in [3.05, 3.63) is 108 Å². The first kappa shape index (κ1) is 20.5. The van der Waals surface area contributed by atoms with E-state index >= 15 is 0 Å². The number of carbonyl (C=O) groups is 1. The average Bonchev–Trinajstić information content (AvgIpc) is 3.28. The zero-order valence-corrected chi connectivity index (χ0v) is 17.9. The summed E-state index contributed by atoms with van der Waals surface area (Å²) >= 11 is 0. The molecule has 3 aromatic carbocycles. The van der Waals surface area contributed by atoms with Gasteiger partial charge in [0.05, 0.1) is 0 Å². The second-order valence-corrected chi connectivity index (χ2v) is 8.46. The van der Waals surface area contributed by atoms with Crippen molar-refractivity contribution < 1.29 is 9.21 Å². The van der Waals surface area contributed by atoms with Gasteiger partial charge in [0, 0.05) is 11.1 Å². The van der Waals surface area contributed by atoms with Crippen molar-refractivity contribution in [1.29, 1.82) is 0 Å². The maximum Gasteiger partial charge on any atom is 0.252 e. The fourth-order valence-electron chi connectivity index (χ4n) is 3.32. The number of carbonyl (C=O) groups excluding carboxylic acids is 1. The highest BCUT2D eigenvalue weighted by molar-refractivity contribution is 5.94. The first-order valence-corrected chi connectivity index (χ1v) is 10.3. The van der Waals surface area contributed by atoms with E-state index in [1.807, 2.05) is 84.9 Å². The van der Waals surface area contributed by atoms with Crippen molar-refractivity contribution in [3.63, 3.8) is 0 Å². The molecule has 156 valence electrons. The first-order valence-electron chi connectivity index (χ1n) is 10.3. The van der Waals surface area contributed by atoms with Crippen LogP contribution in [-0.2, 0) is 5.41 Å². The van der Waals surface area contributed by atoms with E-state index in [0.29, 0.717) is 17.3 Å². The van der Waals surface area contributed by atoms with Crippen LogP contribution in [-0.4, -0.2) is 16.1 Å². The van der Waals surface area contributed by atoms with Crippen LogP contribution in [0.2, 0.25) is 0 Å². The molecule has 0 saturated carbocycles. The molecule has 0 saturated heterocycles. The lowest BCUT2D eigenvalue weighted by Crippen LogP contribution is -2.29. The van der Waals surface area contributed by atoms with E-state index in [-0.39, 0.29) is 11.3 Å². The summed E-state index contributed by atoms with van der Waals surface area (Å²) in [6, 6.07) is 26.3. The normalized spacial score (nSPS) is 12.4. The van der Waals surface area contributed by atoms with Gasteiger partial charge in [-0.3, -0.25) is 4.79 Å². The van der Waals surface area contributed by atoms with E-state index in [0.717, 1.165) is 11.1 Å². The van der Waals surface area contributed by atoms with Gasteiger partial charge in [-0.25, -0.2) is 0 Å². The lowest BCUT2D eigenvalue weighted by molar-refractivity contribution is 0.0938. The Morgan fingerprint density at radius 2 is 1.45 bits per heavy atom. The summed E-state index contributed by atoms with van der Waals surface area (Å²) in [6.45, 7) is 6.44. The number of nitrogens with zero attached hydrogens (tertiary/aromatic N) is 2. The number of hydrogen-bond acceptors (Lipinski definition) is 4. The van der Waals surface area contributed by atoms with E-state index in [1.165, 1.54) is 5.56 Å². The van der Waals surface area contributed by atoms with Crippen LogP contribution < -0.4 is 5.32 Å². The van der Waals surface area contributed by atoms with Gasteiger partial charge in [0.15, 0.2) is 0 Å². The number of rotatable bonds is 5. The van der Waals surface area contributed by atoms with Crippen LogP contribution in [0.3, 0.4) is 0 Å². The summed E-state index contributed by atoms with van der Waals surface area (Å²) in [6.07, 6.45) is 0. The molecule has 1 heterocycles. The van der Waals surface area contributed by atoms with Gasteiger partial charge in [-0.1, -0.05) is 81.4 Å². The average molecular weight is 412 g/mol. The third kappa shape index (κ3) is 4.72. The monoisotopic (exact) mass is 411 g/mol. The van der Waals surface area contributed by atoms with Gasteiger partial charge in [-0.15, -0.1) is 10.2 Å². The van der Waals surface area contributed by atoms with Crippen molar-refractivity contribution in [2.45, 2.75) is 32.2 Å². The molecule has 31 heavy (non-hydrogen) atoms. The molecule has 5 heteroatoms. The molecule has 0 aliphatic rings. The standard InChI is InChI=1S/C26H25N3O2/c1-26(2,3)21-16-14-19(15-17-21)23(30)27-22(18-10-6-4-7-11-18)25-29-28-24(31-25)20-12-8-5-9-13-20/h4-17,22H,1-3H3,(H,27,30). The van der Waals surface area contributed by atoms with Crippen molar-refractivity contribution in [3.8, 4) is 11.5 Å². The zero-order valence-electron chi connectivity index (χ0n) is 17.9. The van der Waals surface area contributed by atoms with E-state index < -0.39 is 6.04 Å². The molecule has 4 rings (SSSR count). The molecule has 4 aromatic rings. The highest BCUT2D eigenvalue weighted by Gasteiger charge is 2.24. The van der Waals surface area contributed by atoms with Gasteiger partial charge in [-0.05, 0) is 40.8 Å². The minimum atomic E-state index is -0.555. The molecule has 1 unspecified atom stereocenters. The molecular weight excluding hydrogens is 386 g/mol. The molecule has 0 aliphatic heterocycles. The van der Waals surface area contributed by atoms with Gasteiger partial charge in [0.1, 0.15) is 6.04 Å². The summed E-state index contributed by atoms with van der Waals surface area (Å²) in [5, 5.41) is 11.5. The molecule has 0 spiro atoms. The number of amides is 1. The maximum atomic E-state index is 13.0. The molecule has 0 fully saturated rings. The number of benzene rings is 3. The van der Waals surface area contributed by atoms with E-state index in [4.69, 9.17) is 4.42 Å². The van der Waals surface area contributed by atoms with Crippen LogP contribution in [0.25, 0.3) is 11.5 Å². The van der Waals surface area contributed by atoms with Crippen LogP contribution in [0.15, 0.2) is 89.3 Å². The lowest BCUT2D eigenvalue weighted by atomic mass is 9.86. The van der Waals surface area contributed by atoms with Crippen LogP contribution in [0, 0.1) is 0 Å². The number of hydrogen-bond donors (Lipinski definition) is 1. The largest absolute Gasteiger partial charge is 0.418 e. The van der Waals surface area contributed by atoms with Gasteiger partial charge < -0.3 is 9.73 Å². The third-order valence-corrected chi connectivity index (χ3v) is 5.13. The summed E-state index contributed by atoms with van der Waals surface area (Å²) in [4.78, 5) is 13.0. The van der Waals surface area contributed by atoms with Gasteiger partial charge in [0.2, 0.25) is 11.8 Å². The second-order valence-electron chi connectivity index (χ2n) is 8.46. The van der Waals surface area contributed by atoms with Gasteiger partial charge >= 0.3 is 0 Å². The smallest absolute Gasteiger partial charge is 0.252 e. The van der Waals surface area contributed by atoms with E-state index in [1.54, 1.807) is 0 Å². The molecular formula is C26H25N3O2. The minimum absolute atomic E-state index is 0.0270. The Hall–Kier alpha value is -3.73. The fraction of sp³-hybridized carbons (Fsp3) is 0.192. The Labute approximate surface area is 182 Å². The minimum Gasteiger partial charge on any atom is -0.418 e. The van der Waals surface area contributed by atoms with Crippen LogP contribution in [0.5, 0.6) is 0 Å². The van der Waals surface area contributed by atoms with Crippen molar-refractivity contribution in [1.82, 2.24) is 15.5 Å². The summed E-state index contributed by atoms with van der Waals surface area (Å²) in [7, 11) is 0. The van der Waals surface area contributed by atoms with E-state index in [2.05, 4.69) is 36.3 Å². The summed E-state index contributed by atoms with van der Waals surface area (Å²) < 4.78 is 5.95. The van der Waals surface area contributed by atoms with Gasteiger partial charge in [-0.2, -0.15) is 0 Å². The fourth-order valence-corrected chi connectivity index (χ4v) is 3.32. The van der Waals surface area contributed by atoms with Crippen LogP contribution >= 0.6 is 0 Å². The molecule has 0 bridgehead atoms. The Morgan fingerprint density at radius 1 is 0.839 bits per heavy atom. The highest BCUT2D eigenvalue weighted by atomic mass is 16.4. The molecule has 1 atom stereocenters. The Kier molecular flexibility index (Phi) is 5.67. The number of nitrogens with one attached hydrogen (secondary N) is 1. The van der Waals surface area contributed by atoms with Crippen molar-refractivity contribution >= 4 is 5.91 Å². The quantitative estimate of drug-likeness (QED) is 0.467. The third-order valence-electron chi connectivity index (χ3n) is 5.13. The first-order chi connectivity index (χ1) is 14.9. The molecule has 5 nitrogen and oxygen atoms in total. The predicted octanol–water partition coefficient (Wildman–Crippen LogP) is 5.55. The molecule has 1 aromatic heterocycles. The van der Waals surface area contributed by atoms with E-state index in [9.17, 15) is 4.79 Å². The van der Waals surface area contributed by atoms with Crippen molar-refractivity contribution in [2.24, 2.45) is 0 Å². The SMILES string of the molecule is CC(C)(C)c1ccc(C(=O)NC(c2ccccc2)c2nnc(-c3ccccc3)o2)cc1. The van der Waals surface area contributed by atoms with Crippen molar-refractivity contribution in [2.75, 3.05) is 0 Å². The lowest BCUT2D eigenvalue weighted by Gasteiger charge is -2.19. The van der Waals surface area contributed by atoms with Crippen LogP contribution in [0.1, 0.15) is 54.2 Å². The second kappa shape index (κ2) is 8.56. The Bertz CT molecular complexity index is 1140. The topological polar surface area (TPSA) is 68.0 Å². The zero-order chi connectivity index (χ0) is 21.8. The maximum absolute atomic E-state index is 13.0. The van der Waals surface area contributed by atoms with Crippen LogP contribution in [0.4, 0.5) is 0 Å². The summed E-state index contributed by atoms with van der Waals surface area (Å²) in [5.74, 6) is 0.554.